The lowest BCUT2D eigenvalue weighted by molar-refractivity contribution is 0.0697. The van der Waals surface area contributed by atoms with E-state index in [1.54, 1.807) is 12.1 Å². The third-order valence-electron chi connectivity index (χ3n) is 2.85. The Morgan fingerprint density at radius 1 is 1.11 bits per heavy atom. The maximum atomic E-state index is 11.0. The van der Waals surface area contributed by atoms with Crippen molar-refractivity contribution < 1.29 is 9.90 Å². The molecule has 2 aromatic carbocycles. The quantitative estimate of drug-likeness (QED) is 0.873. The van der Waals surface area contributed by atoms with Crippen LogP contribution in [0.3, 0.4) is 0 Å². The molecular weight excluding hydrogens is 248 g/mol. The molecule has 0 bridgehead atoms. The summed E-state index contributed by atoms with van der Waals surface area (Å²) in [5.74, 6) is -0.968. The van der Waals surface area contributed by atoms with E-state index in [0.29, 0.717) is 5.02 Å². The van der Waals surface area contributed by atoms with E-state index in [1.165, 1.54) is 6.07 Å². The van der Waals surface area contributed by atoms with Gasteiger partial charge in [-0.1, -0.05) is 35.4 Å². The average Bonchev–Trinajstić information content (AvgIpc) is 2.31. The zero-order valence-corrected chi connectivity index (χ0v) is 11.0. The smallest absolute Gasteiger partial charge is 0.335 e. The van der Waals surface area contributed by atoms with Crippen LogP contribution in [0.1, 0.15) is 21.5 Å². The van der Waals surface area contributed by atoms with Crippen LogP contribution < -0.4 is 0 Å². The number of carbonyl (C=O) groups is 1. The lowest BCUT2D eigenvalue weighted by atomic mass is 9.97. The second kappa shape index (κ2) is 4.83. The molecule has 0 atom stereocenters. The van der Waals surface area contributed by atoms with Crippen molar-refractivity contribution in [1.29, 1.82) is 0 Å². The van der Waals surface area contributed by atoms with Crippen molar-refractivity contribution in [2.75, 3.05) is 0 Å². The van der Waals surface area contributed by atoms with Crippen LogP contribution >= 0.6 is 11.6 Å². The maximum absolute atomic E-state index is 11.0. The summed E-state index contributed by atoms with van der Waals surface area (Å²) in [6, 6.07) is 11.0. The molecule has 1 N–H and O–H groups in total. The number of halogens is 1. The van der Waals surface area contributed by atoms with E-state index in [0.717, 1.165) is 22.3 Å². The van der Waals surface area contributed by atoms with E-state index in [9.17, 15) is 4.79 Å². The largest absolute Gasteiger partial charge is 0.478 e. The zero-order valence-electron chi connectivity index (χ0n) is 10.2. The summed E-state index contributed by atoms with van der Waals surface area (Å²) in [6.45, 7) is 4.00. The number of carboxylic acid groups (broad SMARTS) is 1. The zero-order chi connectivity index (χ0) is 13.3. The first-order chi connectivity index (χ1) is 8.47. The summed E-state index contributed by atoms with van der Waals surface area (Å²) in [7, 11) is 0. The number of benzene rings is 2. The SMILES string of the molecule is Cc1ccc(C)c(-c2cc(Cl)cc(C(=O)O)c2)c1. The molecule has 0 aliphatic rings. The van der Waals surface area contributed by atoms with Crippen molar-refractivity contribution >= 4 is 17.6 Å². The topological polar surface area (TPSA) is 37.3 Å². The first-order valence-corrected chi connectivity index (χ1v) is 5.96. The molecule has 0 radical (unpaired) electrons. The van der Waals surface area contributed by atoms with Crippen molar-refractivity contribution in [2.24, 2.45) is 0 Å². The van der Waals surface area contributed by atoms with Gasteiger partial charge < -0.3 is 5.11 Å². The fourth-order valence-electron chi connectivity index (χ4n) is 1.92. The van der Waals surface area contributed by atoms with E-state index in [1.807, 2.05) is 32.0 Å². The molecule has 0 spiro atoms. The lowest BCUT2D eigenvalue weighted by Crippen LogP contribution is -1.97. The Morgan fingerprint density at radius 2 is 1.83 bits per heavy atom. The van der Waals surface area contributed by atoms with Gasteiger partial charge in [-0.3, -0.25) is 0 Å². The average molecular weight is 261 g/mol. The predicted molar refractivity (Wildman–Crippen MR) is 73.3 cm³/mol. The van der Waals surface area contributed by atoms with Crippen molar-refractivity contribution in [3.63, 3.8) is 0 Å². The molecule has 0 aliphatic heterocycles. The van der Waals surface area contributed by atoms with Crippen molar-refractivity contribution in [2.45, 2.75) is 13.8 Å². The van der Waals surface area contributed by atoms with Gasteiger partial charge in [0.25, 0.3) is 0 Å². The Labute approximate surface area is 111 Å². The first-order valence-electron chi connectivity index (χ1n) is 5.59. The molecule has 0 aromatic heterocycles. The highest BCUT2D eigenvalue weighted by Crippen LogP contribution is 2.28. The third-order valence-corrected chi connectivity index (χ3v) is 3.07. The molecule has 0 aliphatic carbocycles. The molecule has 2 nitrogen and oxygen atoms in total. The summed E-state index contributed by atoms with van der Waals surface area (Å²) in [5.41, 5.74) is 4.28. The Morgan fingerprint density at radius 3 is 2.50 bits per heavy atom. The molecule has 2 aromatic rings. The number of hydrogen-bond donors (Lipinski definition) is 1. The van der Waals surface area contributed by atoms with Crippen molar-refractivity contribution in [1.82, 2.24) is 0 Å². The number of aromatic carboxylic acids is 1. The Balaban J connectivity index is 2.63. The van der Waals surface area contributed by atoms with Gasteiger partial charge in [0.2, 0.25) is 0 Å². The van der Waals surface area contributed by atoms with E-state index >= 15 is 0 Å². The molecule has 0 heterocycles. The van der Waals surface area contributed by atoms with Crippen LogP contribution in [0.4, 0.5) is 0 Å². The summed E-state index contributed by atoms with van der Waals surface area (Å²) >= 11 is 5.97. The van der Waals surface area contributed by atoms with Gasteiger partial charge in [-0.15, -0.1) is 0 Å². The highest BCUT2D eigenvalue weighted by molar-refractivity contribution is 6.31. The molecule has 0 amide bonds. The van der Waals surface area contributed by atoms with Crippen LogP contribution in [0.2, 0.25) is 5.02 Å². The summed E-state index contributed by atoms with van der Waals surface area (Å²) in [4.78, 5) is 11.0. The molecule has 92 valence electrons. The van der Waals surface area contributed by atoms with E-state index in [-0.39, 0.29) is 5.56 Å². The minimum absolute atomic E-state index is 0.207. The second-order valence-electron chi connectivity index (χ2n) is 4.35. The molecular formula is C15H13ClO2. The van der Waals surface area contributed by atoms with Crippen molar-refractivity contribution in [3.8, 4) is 11.1 Å². The van der Waals surface area contributed by atoms with Crippen LogP contribution in [0.15, 0.2) is 36.4 Å². The number of hydrogen-bond acceptors (Lipinski definition) is 1. The van der Waals surface area contributed by atoms with Gasteiger partial charge >= 0.3 is 5.97 Å². The van der Waals surface area contributed by atoms with Crippen LogP contribution in [0.5, 0.6) is 0 Å². The monoisotopic (exact) mass is 260 g/mol. The van der Waals surface area contributed by atoms with Gasteiger partial charge in [0, 0.05) is 5.02 Å². The normalized spacial score (nSPS) is 10.4. The molecule has 18 heavy (non-hydrogen) atoms. The molecule has 2 rings (SSSR count). The molecule has 0 saturated heterocycles. The standard InChI is InChI=1S/C15H13ClO2/c1-9-3-4-10(2)14(5-9)11-6-12(15(17)18)8-13(16)7-11/h3-8H,1-2H3,(H,17,18). The highest BCUT2D eigenvalue weighted by atomic mass is 35.5. The molecule has 0 fully saturated rings. The number of carboxylic acids is 1. The first kappa shape index (κ1) is 12.7. The second-order valence-corrected chi connectivity index (χ2v) is 4.79. The van der Waals surface area contributed by atoms with Gasteiger partial charge in [-0.2, -0.15) is 0 Å². The lowest BCUT2D eigenvalue weighted by Gasteiger charge is -2.09. The third kappa shape index (κ3) is 2.54. The van der Waals surface area contributed by atoms with Crippen LogP contribution in [-0.2, 0) is 0 Å². The van der Waals surface area contributed by atoms with Gasteiger partial charge in [0.15, 0.2) is 0 Å². The Kier molecular flexibility index (Phi) is 3.39. The van der Waals surface area contributed by atoms with Crippen LogP contribution in [-0.4, -0.2) is 11.1 Å². The van der Waals surface area contributed by atoms with E-state index in [2.05, 4.69) is 0 Å². The summed E-state index contributed by atoms with van der Waals surface area (Å²) in [6.07, 6.45) is 0. The molecule has 3 heteroatoms. The fraction of sp³-hybridized carbons (Fsp3) is 0.133. The summed E-state index contributed by atoms with van der Waals surface area (Å²) in [5, 5.41) is 9.48. The Hall–Kier alpha value is -1.80. The fourth-order valence-corrected chi connectivity index (χ4v) is 2.15. The summed E-state index contributed by atoms with van der Waals surface area (Å²) < 4.78 is 0. The molecule has 0 unspecified atom stereocenters. The van der Waals surface area contributed by atoms with Crippen molar-refractivity contribution in [3.05, 3.63) is 58.1 Å². The van der Waals surface area contributed by atoms with E-state index < -0.39 is 5.97 Å². The van der Waals surface area contributed by atoms with E-state index in [4.69, 9.17) is 16.7 Å². The maximum Gasteiger partial charge on any atom is 0.335 e. The highest BCUT2D eigenvalue weighted by Gasteiger charge is 2.09. The van der Waals surface area contributed by atoms with Crippen LogP contribution in [0, 0.1) is 13.8 Å². The predicted octanol–water partition coefficient (Wildman–Crippen LogP) is 4.32. The van der Waals surface area contributed by atoms with Crippen LogP contribution in [0.25, 0.3) is 11.1 Å². The van der Waals surface area contributed by atoms with Gasteiger partial charge in [-0.05, 0) is 48.7 Å². The minimum Gasteiger partial charge on any atom is -0.478 e. The van der Waals surface area contributed by atoms with Gasteiger partial charge in [0.05, 0.1) is 5.56 Å². The number of aryl methyl sites for hydroxylation is 2. The molecule has 0 saturated carbocycles. The Bertz CT molecular complexity index is 618. The van der Waals surface area contributed by atoms with Gasteiger partial charge in [-0.25, -0.2) is 4.79 Å². The minimum atomic E-state index is -0.968. The van der Waals surface area contributed by atoms with Gasteiger partial charge in [0.1, 0.15) is 0 Å². The number of rotatable bonds is 2.